The summed E-state index contributed by atoms with van der Waals surface area (Å²) in [5, 5.41) is 7.48. The minimum atomic E-state index is -0.551. The summed E-state index contributed by atoms with van der Waals surface area (Å²) < 4.78 is 28.3. The van der Waals surface area contributed by atoms with Crippen molar-refractivity contribution in [1.82, 2.24) is 14.7 Å². The highest BCUT2D eigenvalue weighted by molar-refractivity contribution is 5.75. The third kappa shape index (κ3) is 3.55. The Morgan fingerprint density at radius 1 is 1.38 bits per heavy atom. The van der Waals surface area contributed by atoms with Crippen LogP contribution >= 0.6 is 0 Å². The van der Waals surface area contributed by atoms with E-state index in [9.17, 15) is 13.6 Å². The molecule has 3 rings (SSSR count). The van der Waals surface area contributed by atoms with Gasteiger partial charge in [0.15, 0.2) is 0 Å². The molecule has 1 aromatic carbocycles. The molecular formula is C17H20F2N4O. The zero-order valence-corrected chi connectivity index (χ0v) is 13.7. The van der Waals surface area contributed by atoms with Crippen LogP contribution in [-0.4, -0.2) is 40.7 Å². The maximum atomic E-state index is 13.8. The van der Waals surface area contributed by atoms with E-state index >= 15 is 0 Å². The number of benzene rings is 1. The molecule has 0 radical (unpaired) electrons. The Balaban J connectivity index is 1.52. The van der Waals surface area contributed by atoms with E-state index in [0.717, 1.165) is 24.6 Å². The van der Waals surface area contributed by atoms with Crippen LogP contribution in [0.1, 0.15) is 24.3 Å². The number of carbonyl (C=O) groups is 1. The summed E-state index contributed by atoms with van der Waals surface area (Å²) >= 11 is 0. The van der Waals surface area contributed by atoms with E-state index in [-0.39, 0.29) is 24.4 Å². The van der Waals surface area contributed by atoms with Crippen molar-refractivity contribution in [3.05, 3.63) is 47.8 Å². The predicted octanol–water partition coefficient (Wildman–Crippen LogP) is 2.61. The molecule has 5 nitrogen and oxygen atoms in total. The first-order valence-corrected chi connectivity index (χ1v) is 7.86. The van der Waals surface area contributed by atoms with Crippen molar-refractivity contribution in [2.75, 3.05) is 19.4 Å². The number of likely N-dealkylation sites (N-methyl/N-ethyl adjacent to an activating group) is 1. The van der Waals surface area contributed by atoms with Crippen molar-refractivity contribution in [1.29, 1.82) is 0 Å². The quantitative estimate of drug-likeness (QED) is 0.914. The Hall–Kier alpha value is -2.44. The van der Waals surface area contributed by atoms with Crippen LogP contribution in [0, 0.1) is 11.6 Å². The number of aromatic nitrogens is 2. The molecule has 1 heterocycles. The molecule has 128 valence electrons. The average molecular weight is 334 g/mol. The van der Waals surface area contributed by atoms with Crippen LogP contribution in [0.5, 0.6) is 0 Å². The van der Waals surface area contributed by atoms with Gasteiger partial charge in [0, 0.05) is 32.4 Å². The number of hydrogen-bond acceptors (Lipinski definition) is 3. The average Bonchev–Trinajstić information content (AvgIpc) is 2.90. The van der Waals surface area contributed by atoms with E-state index in [1.165, 1.54) is 17.0 Å². The number of nitrogens with one attached hydrogen (secondary N) is 1. The summed E-state index contributed by atoms with van der Waals surface area (Å²) in [6, 6.07) is 3.98. The molecule has 0 unspecified atom stereocenters. The van der Waals surface area contributed by atoms with Crippen LogP contribution in [0.3, 0.4) is 0 Å². The van der Waals surface area contributed by atoms with E-state index in [0.29, 0.717) is 5.56 Å². The summed E-state index contributed by atoms with van der Waals surface area (Å²) in [6.45, 7) is 0.197. The maximum absolute atomic E-state index is 13.8. The lowest BCUT2D eigenvalue weighted by molar-refractivity contribution is -0.129. The molecule has 0 saturated heterocycles. The van der Waals surface area contributed by atoms with E-state index in [4.69, 9.17) is 0 Å². The zero-order valence-electron chi connectivity index (χ0n) is 13.7. The fraction of sp³-hybridized carbons (Fsp3) is 0.412. The van der Waals surface area contributed by atoms with Gasteiger partial charge in [-0.05, 0) is 30.4 Å². The Morgan fingerprint density at radius 3 is 2.79 bits per heavy atom. The molecule has 0 bridgehead atoms. The summed E-state index contributed by atoms with van der Waals surface area (Å²) in [7, 11) is 3.40. The lowest BCUT2D eigenvalue weighted by Crippen LogP contribution is -2.34. The van der Waals surface area contributed by atoms with Gasteiger partial charge in [0.2, 0.25) is 5.91 Å². The molecule has 1 aromatic heterocycles. The largest absolute Gasteiger partial charge is 0.380 e. The normalized spacial score (nSPS) is 19.7. The fourth-order valence-electron chi connectivity index (χ4n) is 2.86. The lowest BCUT2D eigenvalue weighted by Gasteiger charge is -2.36. The van der Waals surface area contributed by atoms with E-state index in [2.05, 4.69) is 10.4 Å². The summed E-state index contributed by atoms with van der Waals surface area (Å²) in [4.78, 5) is 13.2. The van der Waals surface area contributed by atoms with Crippen molar-refractivity contribution < 1.29 is 13.6 Å². The monoisotopic (exact) mass is 334 g/mol. The molecule has 1 fully saturated rings. The van der Waals surface area contributed by atoms with Crippen LogP contribution in [0.4, 0.5) is 14.5 Å². The van der Waals surface area contributed by atoms with Crippen LogP contribution < -0.4 is 5.32 Å². The van der Waals surface area contributed by atoms with Crippen molar-refractivity contribution >= 4 is 11.6 Å². The standard InChI is InChI=1S/C17H20F2N4O/c1-22(2)17(24)10-23-9-14(8-20-23)21-13-5-11(6-13)15-4-3-12(18)7-16(15)19/h3-4,7-9,11,13,21H,5-6,10H2,1-2H3. The highest BCUT2D eigenvalue weighted by Crippen LogP contribution is 2.39. The van der Waals surface area contributed by atoms with Crippen molar-refractivity contribution in [3.8, 4) is 0 Å². The molecule has 0 spiro atoms. The zero-order chi connectivity index (χ0) is 17.3. The maximum Gasteiger partial charge on any atom is 0.243 e. The minimum Gasteiger partial charge on any atom is -0.380 e. The second kappa shape index (κ2) is 6.59. The van der Waals surface area contributed by atoms with Gasteiger partial charge in [0.1, 0.15) is 18.2 Å². The first kappa shape index (κ1) is 16.4. The van der Waals surface area contributed by atoms with Crippen LogP contribution in [-0.2, 0) is 11.3 Å². The molecule has 7 heteroatoms. The molecule has 1 aliphatic carbocycles. The Labute approximate surface area is 139 Å². The first-order valence-electron chi connectivity index (χ1n) is 7.86. The second-order valence-corrected chi connectivity index (χ2v) is 6.39. The van der Waals surface area contributed by atoms with Gasteiger partial charge in [-0.3, -0.25) is 9.48 Å². The Morgan fingerprint density at radius 2 is 2.12 bits per heavy atom. The number of hydrogen-bond donors (Lipinski definition) is 1. The number of carbonyl (C=O) groups excluding carboxylic acids is 1. The second-order valence-electron chi connectivity index (χ2n) is 6.39. The summed E-state index contributed by atoms with van der Waals surface area (Å²) in [5.74, 6) is -0.952. The number of nitrogens with zero attached hydrogens (tertiary/aromatic N) is 3. The molecule has 1 aliphatic rings. The van der Waals surface area contributed by atoms with E-state index in [1.807, 2.05) is 0 Å². The van der Waals surface area contributed by atoms with Crippen molar-refractivity contribution in [2.24, 2.45) is 0 Å². The Kier molecular flexibility index (Phi) is 4.51. The van der Waals surface area contributed by atoms with Crippen LogP contribution in [0.25, 0.3) is 0 Å². The smallest absolute Gasteiger partial charge is 0.243 e. The van der Waals surface area contributed by atoms with Gasteiger partial charge >= 0.3 is 0 Å². The number of halogens is 2. The van der Waals surface area contributed by atoms with Crippen LogP contribution in [0.15, 0.2) is 30.6 Å². The molecule has 1 saturated carbocycles. The Bertz CT molecular complexity index is 738. The third-order valence-electron chi connectivity index (χ3n) is 4.34. The van der Waals surface area contributed by atoms with Gasteiger partial charge in [0.25, 0.3) is 0 Å². The van der Waals surface area contributed by atoms with E-state index < -0.39 is 11.6 Å². The first-order chi connectivity index (χ1) is 11.4. The fourth-order valence-corrected chi connectivity index (χ4v) is 2.86. The van der Waals surface area contributed by atoms with Gasteiger partial charge < -0.3 is 10.2 Å². The van der Waals surface area contributed by atoms with Crippen molar-refractivity contribution in [3.63, 3.8) is 0 Å². The minimum absolute atomic E-state index is 0.0276. The molecule has 24 heavy (non-hydrogen) atoms. The van der Waals surface area contributed by atoms with Gasteiger partial charge in [-0.2, -0.15) is 5.10 Å². The molecule has 0 aliphatic heterocycles. The van der Waals surface area contributed by atoms with Gasteiger partial charge in [-0.1, -0.05) is 6.07 Å². The summed E-state index contributed by atoms with van der Waals surface area (Å²) in [5.41, 5.74) is 1.41. The van der Waals surface area contributed by atoms with Gasteiger partial charge in [-0.15, -0.1) is 0 Å². The molecule has 2 aromatic rings. The molecule has 0 atom stereocenters. The molecular weight excluding hydrogens is 314 g/mol. The van der Waals surface area contributed by atoms with Gasteiger partial charge in [0.05, 0.1) is 11.9 Å². The molecule has 1 amide bonds. The number of amides is 1. The third-order valence-corrected chi connectivity index (χ3v) is 4.34. The lowest BCUT2D eigenvalue weighted by atomic mass is 9.75. The number of anilines is 1. The predicted molar refractivity (Wildman–Crippen MR) is 86.7 cm³/mol. The van der Waals surface area contributed by atoms with E-state index in [1.54, 1.807) is 31.2 Å². The van der Waals surface area contributed by atoms with Crippen molar-refractivity contribution in [2.45, 2.75) is 31.3 Å². The topological polar surface area (TPSA) is 50.2 Å². The van der Waals surface area contributed by atoms with Crippen LogP contribution in [0.2, 0.25) is 0 Å². The highest BCUT2D eigenvalue weighted by Gasteiger charge is 2.32. The summed E-state index contributed by atoms with van der Waals surface area (Å²) in [6.07, 6.45) is 5.02. The molecule has 1 N–H and O–H groups in total. The van der Waals surface area contributed by atoms with Gasteiger partial charge in [-0.25, -0.2) is 8.78 Å². The highest BCUT2D eigenvalue weighted by atomic mass is 19.1. The number of rotatable bonds is 5. The SMILES string of the molecule is CN(C)C(=O)Cn1cc(NC2CC(c3ccc(F)cc3F)C2)cn1.